The SMILES string of the molecule is c1ccc(-c2nc(-c3ccccc3)nc(-c3ccc4c(c3)oc3cc(-n5c6ccccc6c6cc(-c7ccc8sc9ccccc9c8c7)ccc65)ccc34)n2)cc1. The highest BCUT2D eigenvalue weighted by Gasteiger charge is 2.18. The molecule has 0 aliphatic rings. The summed E-state index contributed by atoms with van der Waals surface area (Å²) >= 11 is 1.85. The van der Waals surface area contributed by atoms with Crippen molar-refractivity contribution in [3.05, 3.63) is 182 Å². The minimum absolute atomic E-state index is 0.596. The molecule has 57 heavy (non-hydrogen) atoms. The fraction of sp³-hybridized carbons (Fsp3) is 0. The van der Waals surface area contributed by atoms with Crippen LogP contribution < -0.4 is 0 Å². The van der Waals surface area contributed by atoms with Crippen LogP contribution in [0.5, 0.6) is 0 Å². The highest BCUT2D eigenvalue weighted by atomic mass is 32.1. The van der Waals surface area contributed by atoms with Gasteiger partial charge in [-0.05, 0) is 71.8 Å². The van der Waals surface area contributed by atoms with E-state index < -0.39 is 0 Å². The largest absolute Gasteiger partial charge is 0.456 e. The van der Waals surface area contributed by atoms with Crippen molar-refractivity contribution in [2.45, 2.75) is 0 Å². The molecule has 0 fully saturated rings. The Morgan fingerprint density at radius 1 is 0.351 bits per heavy atom. The van der Waals surface area contributed by atoms with Gasteiger partial charge in [0.2, 0.25) is 0 Å². The van der Waals surface area contributed by atoms with Gasteiger partial charge in [0.15, 0.2) is 17.5 Å². The molecule has 0 atom stereocenters. The predicted octanol–water partition coefficient (Wildman–Crippen LogP) is 13.9. The molecule has 0 radical (unpaired) electrons. The van der Waals surface area contributed by atoms with E-state index in [-0.39, 0.29) is 0 Å². The summed E-state index contributed by atoms with van der Waals surface area (Å²) in [5.74, 6) is 1.85. The number of benzene rings is 8. The highest BCUT2D eigenvalue weighted by molar-refractivity contribution is 7.25. The second-order valence-corrected chi connectivity index (χ2v) is 15.5. The Balaban J connectivity index is 0.965. The fourth-order valence-corrected chi connectivity index (χ4v) is 9.40. The number of rotatable bonds is 5. The first kappa shape index (κ1) is 31.9. The number of hydrogen-bond acceptors (Lipinski definition) is 5. The monoisotopic (exact) mass is 746 g/mol. The smallest absolute Gasteiger partial charge is 0.164 e. The van der Waals surface area contributed by atoms with E-state index >= 15 is 0 Å². The van der Waals surface area contributed by atoms with Crippen LogP contribution in [0.25, 0.3) is 115 Å². The van der Waals surface area contributed by atoms with Crippen molar-refractivity contribution in [2.24, 2.45) is 0 Å². The third-order valence-electron chi connectivity index (χ3n) is 11.1. The van der Waals surface area contributed by atoms with Crippen molar-refractivity contribution >= 4 is 75.3 Å². The molecule has 0 saturated carbocycles. The van der Waals surface area contributed by atoms with Crippen molar-refractivity contribution in [1.29, 1.82) is 0 Å². The number of thiophene rings is 1. The number of fused-ring (bicyclic) bond motifs is 9. The quantitative estimate of drug-likeness (QED) is 0.176. The van der Waals surface area contributed by atoms with E-state index in [0.29, 0.717) is 17.5 Å². The zero-order valence-corrected chi connectivity index (χ0v) is 31.2. The molecule has 0 unspecified atom stereocenters. The summed E-state index contributed by atoms with van der Waals surface area (Å²) in [5, 5.41) is 7.16. The molecule has 0 spiro atoms. The van der Waals surface area contributed by atoms with Crippen molar-refractivity contribution in [2.75, 3.05) is 0 Å². The van der Waals surface area contributed by atoms with Crippen molar-refractivity contribution < 1.29 is 4.42 Å². The normalized spacial score (nSPS) is 11.9. The first-order chi connectivity index (χ1) is 28.2. The number of nitrogens with zero attached hydrogens (tertiary/aromatic N) is 4. The molecule has 4 aromatic heterocycles. The predicted molar refractivity (Wildman–Crippen MR) is 236 cm³/mol. The van der Waals surface area contributed by atoms with E-state index in [0.717, 1.165) is 55.3 Å². The second-order valence-electron chi connectivity index (χ2n) is 14.4. The average Bonchev–Trinajstić information content (AvgIpc) is 3.95. The van der Waals surface area contributed by atoms with Crippen LogP contribution in [0.1, 0.15) is 0 Å². The maximum Gasteiger partial charge on any atom is 0.164 e. The Hall–Kier alpha value is -7.41. The number of furan rings is 1. The van der Waals surface area contributed by atoms with Gasteiger partial charge in [0, 0.05) is 70.2 Å². The summed E-state index contributed by atoms with van der Waals surface area (Å²) in [6, 6.07) is 63.9. The molecule has 0 bridgehead atoms. The lowest BCUT2D eigenvalue weighted by molar-refractivity contribution is 0.668. The minimum Gasteiger partial charge on any atom is -0.456 e. The van der Waals surface area contributed by atoms with E-state index in [9.17, 15) is 0 Å². The van der Waals surface area contributed by atoms with Crippen LogP contribution in [0, 0.1) is 0 Å². The fourth-order valence-electron chi connectivity index (χ4n) is 8.32. The van der Waals surface area contributed by atoms with E-state index in [4.69, 9.17) is 19.4 Å². The van der Waals surface area contributed by atoms with Crippen LogP contribution >= 0.6 is 11.3 Å². The summed E-state index contributed by atoms with van der Waals surface area (Å²) in [6.45, 7) is 0. The Morgan fingerprint density at radius 2 is 0.895 bits per heavy atom. The summed E-state index contributed by atoms with van der Waals surface area (Å²) in [4.78, 5) is 14.8. The lowest BCUT2D eigenvalue weighted by Gasteiger charge is -2.09. The standard InChI is InChI=1S/C51H30N4OS/c1-3-11-31(12-4-1)49-52-50(32-13-5-2-6-14-32)54-51(53-49)35-19-23-38-39-24-22-36(30-46(39)56-45(38)29-35)55-43-17-9-7-15-37(43)41-27-33(20-25-44(41)55)34-21-26-48-42(28-34)40-16-8-10-18-47(40)57-48/h1-30H. The third kappa shape index (κ3) is 5.19. The first-order valence-corrected chi connectivity index (χ1v) is 19.8. The summed E-state index contributed by atoms with van der Waals surface area (Å²) in [5.41, 5.74) is 10.1. The Bertz CT molecular complexity index is 3470. The summed E-state index contributed by atoms with van der Waals surface area (Å²) < 4.78 is 11.6. The van der Waals surface area contributed by atoms with Crippen molar-refractivity contribution in [1.82, 2.24) is 19.5 Å². The molecule has 12 rings (SSSR count). The van der Waals surface area contributed by atoms with E-state index in [1.165, 1.54) is 42.1 Å². The van der Waals surface area contributed by atoms with Crippen LogP contribution in [-0.4, -0.2) is 19.5 Å². The molecule has 0 aliphatic heterocycles. The van der Waals surface area contributed by atoms with Crippen molar-refractivity contribution in [3.63, 3.8) is 0 Å². The molecular formula is C51H30N4OS. The van der Waals surface area contributed by atoms with Gasteiger partial charge in [0.1, 0.15) is 11.2 Å². The van der Waals surface area contributed by atoms with Gasteiger partial charge in [-0.25, -0.2) is 15.0 Å². The topological polar surface area (TPSA) is 56.7 Å². The Kier molecular flexibility index (Phi) is 7.03. The molecule has 0 N–H and O–H groups in total. The maximum absolute atomic E-state index is 6.66. The summed E-state index contributed by atoms with van der Waals surface area (Å²) in [6.07, 6.45) is 0. The highest BCUT2D eigenvalue weighted by Crippen LogP contribution is 2.40. The third-order valence-corrected chi connectivity index (χ3v) is 12.2. The van der Waals surface area contributed by atoms with Gasteiger partial charge >= 0.3 is 0 Å². The Morgan fingerprint density at radius 3 is 1.65 bits per heavy atom. The molecule has 8 aromatic carbocycles. The summed E-state index contributed by atoms with van der Waals surface area (Å²) in [7, 11) is 0. The average molecular weight is 747 g/mol. The minimum atomic E-state index is 0.596. The van der Waals surface area contributed by atoms with Crippen LogP contribution in [0.15, 0.2) is 186 Å². The van der Waals surface area contributed by atoms with Gasteiger partial charge in [-0.2, -0.15) is 0 Å². The van der Waals surface area contributed by atoms with Gasteiger partial charge in [0.05, 0.1) is 11.0 Å². The van der Waals surface area contributed by atoms with Gasteiger partial charge < -0.3 is 8.98 Å². The first-order valence-electron chi connectivity index (χ1n) is 19.0. The van der Waals surface area contributed by atoms with Crippen LogP contribution in [-0.2, 0) is 0 Å². The lowest BCUT2D eigenvalue weighted by atomic mass is 10.0. The molecule has 0 aliphatic carbocycles. The van der Waals surface area contributed by atoms with E-state index in [1.54, 1.807) is 0 Å². The maximum atomic E-state index is 6.66. The molecule has 12 aromatic rings. The van der Waals surface area contributed by atoms with Crippen LogP contribution in [0.4, 0.5) is 0 Å². The van der Waals surface area contributed by atoms with Crippen LogP contribution in [0.2, 0.25) is 0 Å². The van der Waals surface area contributed by atoms with Gasteiger partial charge in [-0.3, -0.25) is 0 Å². The van der Waals surface area contributed by atoms with E-state index in [1.807, 2.05) is 78.1 Å². The molecule has 6 heteroatoms. The molecule has 5 nitrogen and oxygen atoms in total. The van der Waals surface area contributed by atoms with Gasteiger partial charge in [-0.15, -0.1) is 11.3 Å². The second kappa shape index (κ2) is 12.6. The number of hydrogen-bond donors (Lipinski definition) is 0. The molecule has 0 amide bonds. The van der Waals surface area contributed by atoms with Gasteiger partial charge in [-0.1, -0.05) is 115 Å². The Labute approximate surface area is 330 Å². The molecule has 4 heterocycles. The lowest BCUT2D eigenvalue weighted by Crippen LogP contribution is -2.00. The molecular weight excluding hydrogens is 717 g/mol. The zero-order valence-electron chi connectivity index (χ0n) is 30.4. The van der Waals surface area contributed by atoms with Gasteiger partial charge in [0.25, 0.3) is 0 Å². The van der Waals surface area contributed by atoms with E-state index in [2.05, 4.69) is 120 Å². The number of aromatic nitrogens is 4. The molecule has 0 saturated heterocycles. The number of para-hydroxylation sites is 1. The zero-order chi connectivity index (χ0) is 37.5. The molecule has 266 valence electrons. The van der Waals surface area contributed by atoms with Crippen molar-refractivity contribution in [3.8, 4) is 51.0 Å². The van der Waals surface area contributed by atoms with Crippen LogP contribution in [0.3, 0.4) is 0 Å².